The number of alkyl halides is 3. The molecule has 0 amide bonds. The Balaban J connectivity index is 2.45. The number of hydrogen-bond donors (Lipinski definition) is 1. The summed E-state index contributed by atoms with van der Waals surface area (Å²) in [6.45, 7) is 0. The van der Waals surface area contributed by atoms with Gasteiger partial charge in [-0.3, -0.25) is 4.72 Å². The van der Waals surface area contributed by atoms with Crippen molar-refractivity contribution in [1.29, 1.82) is 0 Å². The minimum Gasteiger partial charge on any atom is -0.494 e. The second kappa shape index (κ2) is 6.48. The van der Waals surface area contributed by atoms with Gasteiger partial charge in [-0.25, -0.2) is 12.8 Å². The van der Waals surface area contributed by atoms with Crippen LogP contribution in [0.2, 0.25) is 5.02 Å². The Morgan fingerprint density at radius 1 is 1.12 bits per heavy atom. The van der Waals surface area contributed by atoms with Crippen LogP contribution < -0.4 is 9.46 Å². The molecule has 0 saturated carbocycles. The molecule has 0 radical (unpaired) electrons. The highest BCUT2D eigenvalue weighted by Gasteiger charge is 2.35. The SMILES string of the molecule is COc1ccc(S(=O)(=O)Nc2ccc(Cl)cc2C(F)(F)F)cc1F. The van der Waals surface area contributed by atoms with Gasteiger partial charge in [0.1, 0.15) is 0 Å². The quantitative estimate of drug-likeness (QED) is 0.800. The Labute approximate surface area is 140 Å². The minimum absolute atomic E-state index is 0.198. The van der Waals surface area contributed by atoms with Crippen LogP contribution in [0.1, 0.15) is 5.56 Å². The van der Waals surface area contributed by atoms with E-state index in [1.54, 1.807) is 4.72 Å². The lowest BCUT2D eigenvalue weighted by Crippen LogP contribution is -2.17. The van der Waals surface area contributed by atoms with Gasteiger partial charge in [0.05, 0.1) is 23.3 Å². The summed E-state index contributed by atoms with van der Waals surface area (Å²) in [4.78, 5) is -0.552. The van der Waals surface area contributed by atoms with Gasteiger partial charge in [-0.05, 0) is 36.4 Å². The smallest absolute Gasteiger partial charge is 0.418 e. The lowest BCUT2D eigenvalue weighted by Gasteiger charge is -2.15. The molecule has 0 aliphatic rings. The van der Waals surface area contributed by atoms with Gasteiger partial charge in [-0.2, -0.15) is 13.2 Å². The molecule has 24 heavy (non-hydrogen) atoms. The topological polar surface area (TPSA) is 55.4 Å². The molecule has 4 nitrogen and oxygen atoms in total. The Hall–Kier alpha value is -2.00. The molecule has 0 unspecified atom stereocenters. The van der Waals surface area contributed by atoms with E-state index in [-0.39, 0.29) is 10.8 Å². The molecular weight excluding hydrogens is 374 g/mol. The van der Waals surface area contributed by atoms with Crippen LogP contribution in [0.3, 0.4) is 0 Å². The summed E-state index contributed by atoms with van der Waals surface area (Å²) in [6, 6.07) is 5.27. The van der Waals surface area contributed by atoms with E-state index in [0.717, 1.165) is 24.3 Å². The van der Waals surface area contributed by atoms with Crippen molar-refractivity contribution >= 4 is 27.3 Å². The summed E-state index contributed by atoms with van der Waals surface area (Å²) >= 11 is 5.52. The predicted octanol–water partition coefficient (Wildman–Crippen LogP) is 4.31. The van der Waals surface area contributed by atoms with Gasteiger partial charge in [0, 0.05) is 5.02 Å². The molecule has 2 aromatic rings. The standard InChI is InChI=1S/C14H10ClF4NO3S/c1-23-13-5-3-9(7-11(13)16)24(21,22)20-12-4-2-8(15)6-10(12)14(17,18)19/h2-7,20H,1H3. The number of halogens is 5. The average molecular weight is 384 g/mol. The molecule has 10 heteroatoms. The van der Waals surface area contributed by atoms with E-state index in [0.29, 0.717) is 12.1 Å². The highest BCUT2D eigenvalue weighted by molar-refractivity contribution is 7.92. The zero-order valence-corrected chi connectivity index (χ0v) is 13.6. The molecule has 0 bridgehead atoms. The largest absolute Gasteiger partial charge is 0.494 e. The van der Waals surface area contributed by atoms with Gasteiger partial charge in [0.25, 0.3) is 10.0 Å². The molecule has 130 valence electrons. The van der Waals surface area contributed by atoms with E-state index < -0.39 is 38.2 Å². The van der Waals surface area contributed by atoms with E-state index in [1.165, 1.54) is 7.11 Å². The Morgan fingerprint density at radius 2 is 1.79 bits per heavy atom. The first-order valence-electron chi connectivity index (χ1n) is 6.27. The molecule has 0 aliphatic carbocycles. The summed E-state index contributed by atoms with van der Waals surface area (Å²) in [5.41, 5.74) is -1.98. The average Bonchev–Trinajstić information content (AvgIpc) is 2.47. The highest BCUT2D eigenvalue weighted by Crippen LogP contribution is 2.37. The summed E-state index contributed by atoms with van der Waals surface area (Å²) in [5, 5.41) is -0.208. The van der Waals surface area contributed by atoms with Gasteiger partial charge in [-0.15, -0.1) is 0 Å². The molecule has 0 spiro atoms. The van der Waals surface area contributed by atoms with Crippen LogP contribution >= 0.6 is 11.6 Å². The van der Waals surface area contributed by atoms with Crippen molar-refractivity contribution in [2.24, 2.45) is 0 Å². The Kier molecular flexibility index (Phi) is 4.95. The van der Waals surface area contributed by atoms with Crippen molar-refractivity contribution in [3.63, 3.8) is 0 Å². The zero-order valence-electron chi connectivity index (χ0n) is 12.0. The second-order valence-corrected chi connectivity index (χ2v) is 6.71. The van der Waals surface area contributed by atoms with Crippen LogP contribution in [-0.2, 0) is 16.2 Å². The Morgan fingerprint density at radius 3 is 2.33 bits per heavy atom. The molecule has 1 N–H and O–H groups in total. The maximum absolute atomic E-state index is 13.6. The third kappa shape index (κ3) is 3.90. The molecule has 0 aliphatic heterocycles. The molecule has 0 atom stereocenters. The van der Waals surface area contributed by atoms with E-state index in [9.17, 15) is 26.0 Å². The van der Waals surface area contributed by atoms with Gasteiger partial charge >= 0.3 is 6.18 Å². The summed E-state index contributed by atoms with van der Waals surface area (Å²) in [7, 11) is -3.26. The number of nitrogens with one attached hydrogen (secondary N) is 1. The first-order chi connectivity index (χ1) is 11.0. The molecule has 0 fully saturated rings. The lowest BCUT2D eigenvalue weighted by atomic mass is 10.2. The fraction of sp³-hybridized carbons (Fsp3) is 0.143. The van der Waals surface area contributed by atoms with Crippen molar-refractivity contribution in [2.75, 3.05) is 11.8 Å². The normalized spacial score (nSPS) is 12.1. The van der Waals surface area contributed by atoms with Crippen LogP contribution in [0.5, 0.6) is 5.75 Å². The lowest BCUT2D eigenvalue weighted by molar-refractivity contribution is -0.136. The van der Waals surface area contributed by atoms with Crippen molar-refractivity contribution < 1.29 is 30.7 Å². The molecular formula is C14H10ClF4NO3S. The fourth-order valence-electron chi connectivity index (χ4n) is 1.86. The van der Waals surface area contributed by atoms with Crippen molar-refractivity contribution in [1.82, 2.24) is 0 Å². The van der Waals surface area contributed by atoms with Crippen molar-refractivity contribution in [3.05, 3.63) is 52.8 Å². The van der Waals surface area contributed by atoms with Crippen LogP contribution in [0.4, 0.5) is 23.2 Å². The van der Waals surface area contributed by atoms with E-state index >= 15 is 0 Å². The third-order valence-electron chi connectivity index (χ3n) is 2.96. The predicted molar refractivity (Wildman–Crippen MR) is 80.2 cm³/mol. The van der Waals surface area contributed by atoms with Crippen molar-refractivity contribution in [3.8, 4) is 5.75 Å². The van der Waals surface area contributed by atoms with E-state index in [4.69, 9.17) is 11.6 Å². The summed E-state index contributed by atoms with van der Waals surface area (Å²) in [6.07, 6.45) is -4.83. The molecule has 0 saturated heterocycles. The monoisotopic (exact) mass is 383 g/mol. The van der Waals surface area contributed by atoms with E-state index in [2.05, 4.69) is 4.74 Å². The minimum atomic E-state index is -4.83. The first-order valence-corrected chi connectivity index (χ1v) is 8.14. The highest BCUT2D eigenvalue weighted by atomic mass is 35.5. The Bertz CT molecular complexity index is 869. The van der Waals surface area contributed by atoms with Crippen LogP contribution in [-0.4, -0.2) is 15.5 Å². The zero-order chi connectivity index (χ0) is 18.1. The number of benzene rings is 2. The number of hydrogen-bond acceptors (Lipinski definition) is 3. The maximum atomic E-state index is 13.6. The van der Waals surface area contributed by atoms with E-state index in [1.807, 2.05) is 0 Å². The van der Waals surface area contributed by atoms with Crippen molar-refractivity contribution in [2.45, 2.75) is 11.1 Å². The summed E-state index contributed by atoms with van der Waals surface area (Å²) in [5.74, 6) is -1.16. The van der Waals surface area contributed by atoms with Crippen LogP contribution in [0.15, 0.2) is 41.3 Å². The maximum Gasteiger partial charge on any atom is 0.418 e. The molecule has 2 rings (SSSR count). The van der Waals surface area contributed by atoms with Crippen LogP contribution in [0.25, 0.3) is 0 Å². The number of methoxy groups -OCH3 is 1. The number of ether oxygens (including phenoxy) is 1. The van der Waals surface area contributed by atoms with Gasteiger partial charge in [0.2, 0.25) is 0 Å². The fourth-order valence-corrected chi connectivity index (χ4v) is 3.12. The van der Waals surface area contributed by atoms with Gasteiger partial charge in [-0.1, -0.05) is 11.6 Å². The first kappa shape index (κ1) is 18.3. The molecule has 2 aromatic carbocycles. The van der Waals surface area contributed by atoms with Crippen LogP contribution in [0, 0.1) is 5.82 Å². The van der Waals surface area contributed by atoms with Gasteiger partial charge < -0.3 is 4.74 Å². The number of sulfonamides is 1. The second-order valence-electron chi connectivity index (χ2n) is 4.59. The van der Waals surface area contributed by atoms with Gasteiger partial charge in [0.15, 0.2) is 11.6 Å². The number of anilines is 1. The number of rotatable bonds is 4. The molecule has 0 heterocycles. The molecule has 0 aromatic heterocycles. The third-order valence-corrected chi connectivity index (χ3v) is 4.56. The summed E-state index contributed by atoms with van der Waals surface area (Å²) < 4.78 is 83.5.